The van der Waals surface area contributed by atoms with Gasteiger partial charge in [0.05, 0.1) is 21.3 Å². The molecule has 0 aliphatic heterocycles. The average Bonchev–Trinajstić information content (AvgIpc) is 2.43. The number of ketones is 1. The predicted molar refractivity (Wildman–Crippen MR) is 84.2 cm³/mol. The van der Waals surface area contributed by atoms with Gasteiger partial charge in [0.1, 0.15) is 5.15 Å². The molecule has 8 heteroatoms. The van der Waals surface area contributed by atoms with Gasteiger partial charge >= 0.3 is 0 Å². The van der Waals surface area contributed by atoms with Crippen LogP contribution in [0, 0.1) is 0 Å². The Hall–Kier alpha value is -1.44. The molecule has 0 spiro atoms. The van der Waals surface area contributed by atoms with Gasteiger partial charge < -0.3 is 0 Å². The first-order valence-corrected chi connectivity index (χ1v) is 8.40. The van der Waals surface area contributed by atoms with Crippen LogP contribution in [0.3, 0.4) is 0 Å². The topological polar surface area (TPSA) is 76.1 Å². The first-order valence-electron chi connectivity index (χ1n) is 5.74. The highest BCUT2D eigenvalue weighted by Crippen LogP contribution is 2.24. The quantitative estimate of drug-likeness (QED) is 0.641. The van der Waals surface area contributed by atoms with Crippen LogP contribution >= 0.6 is 27.5 Å². The van der Waals surface area contributed by atoms with E-state index < -0.39 is 10.0 Å². The standard InChI is InChI=1S/C13H10BrClN2O3S/c1-8(18)9-2-4-11(5-3-9)21(19,20)17-10-6-12(14)13(15)16-7-10/h2-7,17H,1H3. The molecule has 0 radical (unpaired) electrons. The second-order valence-electron chi connectivity index (χ2n) is 4.18. The zero-order valence-electron chi connectivity index (χ0n) is 10.8. The lowest BCUT2D eigenvalue weighted by atomic mass is 10.2. The Bertz CT molecular complexity index is 792. The summed E-state index contributed by atoms with van der Waals surface area (Å²) in [6.45, 7) is 1.42. The Balaban J connectivity index is 2.29. The summed E-state index contributed by atoms with van der Waals surface area (Å²) in [5.41, 5.74) is 0.728. The number of sulfonamides is 1. The molecule has 21 heavy (non-hydrogen) atoms. The van der Waals surface area contributed by atoms with E-state index in [4.69, 9.17) is 11.6 Å². The Morgan fingerprint density at radius 3 is 2.43 bits per heavy atom. The lowest BCUT2D eigenvalue weighted by Gasteiger charge is -2.08. The van der Waals surface area contributed by atoms with Gasteiger partial charge in [0, 0.05) is 5.56 Å². The molecular weight excluding hydrogens is 380 g/mol. The van der Waals surface area contributed by atoms with E-state index in [1.54, 1.807) is 0 Å². The number of anilines is 1. The third kappa shape index (κ3) is 3.81. The number of nitrogens with one attached hydrogen (secondary N) is 1. The van der Waals surface area contributed by atoms with Gasteiger partial charge in [-0.05, 0) is 41.1 Å². The van der Waals surface area contributed by atoms with Crippen LogP contribution in [-0.2, 0) is 10.0 Å². The van der Waals surface area contributed by atoms with E-state index in [9.17, 15) is 13.2 Å². The molecule has 0 unspecified atom stereocenters. The van der Waals surface area contributed by atoms with Crippen molar-refractivity contribution >= 4 is 49.0 Å². The summed E-state index contributed by atoms with van der Waals surface area (Å²) < 4.78 is 27.3. The maximum Gasteiger partial charge on any atom is 0.261 e. The molecule has 110 valence electrons. The lowest BCUT2D eigenvalue weighted by molar-refractivity contribution is 0.101. The van der Waals surface area contributed by atoms with Crippen molar-refractivity contribution in [1.29, 1.82) is 0 Å². The lowest BCUT2D eigenvalue weighted by Crippen LogP contribution is -2.13. The minimum absolute atomic E-state index is 0.0542. The van der Waals surface area contributed by atoms with Gasteiger partial charge in [-0.2, -0.15) is 0 Å². The summed E-state index contributed by atoms with van der Waals surface area (Å²) in [5, 5.41) is 0.240. The van der Waals surface area contributed by atoms with Crippen LogP contribution in [0.4, 0.5) is 5.69 Å². The van der Waals surface area contributed by atoms with Crippen LogP contribution in [0.2, 0.25) is 5.15 Å². The number of rotatable bonds is 4. The maximum atomic E-state index is 12.2. The van der Waals surface area contributed by atoms with E-state index in [0.717, 1.165) is 0 Å². The van der Waals surface area contributed by atoms with Crippen LogP contribution in [0.1, 0.15) is 17.3 Å². The van der Waals surface area contributed by atoms with E-state index in [-0.39, 0.29) is 21.5 Å². The molecule has 0 aliphatic rings. The maximum absolute atomic E-state index is 12.2. The summed E-state index contributed by atoms with van der Waals surface area (Å²) in [5.74, 6) is -0.127. The van der Waals surface area contributed by atoms with E-state index >= 15 is 0 Å². The Kier molecular flexibility index (Phi) is 4.65. The SMILES string of the molecule is CC(=O)c1ccc(S(=O)(=O)Nc2cnc(Cl)c(Br)c2)cc1. The third-order valence-electron chi connectivity index (χ3n) is 2.62. The number of benzene rings is 1. The van der Waals surface area contributed by atoms with Crippen molar-refractivity contribution in [3.8, 4) is 0 Å². The van der Waals surface area contributed by atoms with Crippen molar-refractivity contribution in [2.75, 3.05) is 4.72 Å². The summed E-state index contributed by atoms with van der Waals surface area (Å²) in [6, 6.07) is 7.19. The smallest absolute Gasteiger partial charge is 0.261 e. The van der Waals surface area contributed by atoms with Crippen LogP contribution in [0.15, 0.2) is 45.9 Å². The molecule has 0 amide bonds. The molecule has 0 bridgehead atoms. The number of hydrogen-bond donors (Lipinski definition) is 1. The monoisotopic (exact) mass is 388 g/mol. The molecular formula is C13H10BrClN2O3S. The second kappa shape index (κ2) is 6.13. The first kappa shape index (κ1) is 15.9. The number of pyridine rings is 1. The predicted octanol–water partition coefficient (Wildman–Crippen LogP) is 3.50. The Morgan fingerprint density at radius 1 is 1.29 bits per heavy atom. The van der Waals surface area contributed by atoms with Crippen molar-refractivity contribution in [2.45, 2.75) is 11.8 Å². The van der Waals surface area contributed by atoms with E-state index in [2.05, 4.69) is 25.6 Å². The Labute approximate surface area is 135 Å². The zero-order valence-corrected chi connectivity index (χ0v) is 14.0. The number of nitrogens with zero attached hydrogens (tertiary/aromatic N) is 1. The van der Waals surface area contributed by atoms with Gasteiger partial charge in [0.15, 0.2) is 5.78 Å². The number of hydrogen-bond acceptors (Lipinski definition) is 4. The van der Waals surface area contributed by atoms with Gasteiger partial charge in [-0.3, -0.25) is 9.52 Å². The summed E-state index contributed by atoms with van der Waals surface area (Å²) in [6.07, 6.45) is 1.31. The van der Waals surface area contributed by atoms with E-state index in [1.807, 2.05) is 0 Å². The molecule has 0 atom stereocenters. The zero-order chi connectivity index (χ0) is 15.6. The molecule has 0 saturated heterocycles. The fraction of sp³-hybridized carbons (Fsp3) is 0.0769. The van der Waals surface area contributed by atoms with Gasteiger partial charge in [0.25, 0.3) is 10.0 Å². The number of aromatic nitrogens is 1. The van der Waals surface area contributed by atoms with Crippen LogP contribution in [0.25, 0.3) is 0 Å². The van der Waals surface area contributed by atoms with Crippen molar-refractivity contribution in [3.05, 3.63) is 51.7 Å². The largest absolute Gasteiger partial charge is 0.295 e. The van der Waals surface area contributed by atoms with Crippen LogP contribution in [0.5, 0.6) is 0 Å². The molecule has 2 rings (SSSR count). The summed E-state index contributed by atoms with van der Waals surface area (Å²) in [7, 11) is -3.75. The van der Waals surface area contributed by atoms with Crippen molar-refractivity contribution in [1.82, 2.24) is 4.98 Å². The van der Waals surface area contributed by atoms with Crippen molar-refractivity contribution in [2.24, 2.45) is 0 Å². The fourth-order valence-electron chi connectivity index (χ4n) is 1.56. The van der Waals surface area contributed by atoms with Crippen LogP contribution in [-0.4, -0.2) is 19.2 Å². The second-order valence-corrected chi connectivity index (χ2v) is 7.08. The summed E-state index contributed by atoms with van der Waals surface area (Å²) in [4.78, 5) is 15.1. The third-order valence-corrected chi connectivity index (χ3v) is 5.15. The molecule has 2 aromatic rings. The number of carbonyl (C=O) groups excluding carboxylic acids is 1. The number of carbonyl (C=O) groups is 1. The number of Topliss-reactive ketones (excluding diaryl/α,β-unsaturated/α-hetero) is 1. The molecule has 1 heterocycles. The highest BCUT2D eigenvalue weighted by Gasteiger charge is 2.15. The van der Waals surface area contributed by atoms with Crippen molar-refractivity contribution in [3.63, 3.8) is 0 Å². The summed E-state index contributed by atoms with van der Waals surface area (Å²) >= 11 is 8.92. The van der Waals surface area contributed by atoms with Crippen molar-refractivity contribution < 1.29 is 13.2 Å². The van der Waals surface area contributed by atoms with Crippen LogP contribution < -0.4 is 4.72 Å². The Morgan fingerprint density at radius 2 is 1.90 bits per heavy atom. The number of halogens is 2. The minimum atomic E-state index is -3.75. The van der Waals surface area contributed by atoms with Gasteiger partial charge in [0.2, 0.25) is 0 Å². The highest BCUT2D eigenvalue weighted by molar-refractivity contribution is 9.10. The minimum Gasteiger partial charge on any atom is -0.295 e. The molecule has 0 aliphatic carbocycles. The molecule has 1 N–H and O–H groups in total. The van der Waals surface area contributed by atoms with Gasteiger partial charge in [-0.1, -0.05) is 23.7 Å². The molecule has 0 fully saturated rings. The van der Waals surface area contributed by atoms with E-state index in [1.165, 1.54) is 43.5 Å². The first-order chi connectivity index (χ1) is 9.79. The highest BCUT2D eigenvalue weighted by atomic mass is 79.9. The molecule has 0 saturated carbocycles. The average molecular weight is 390 g/mol. The molecule has 1 aromatic carbocycles. The fourth-order valence-corrected chi connectivity index (χ4v) is 3.05. The molecule has 1 aromatic heterocycles. The molecule has 5 nitrogen and oxygen atoms in total. The van der Waals surface area contributed by atoms with Gasteiger partial charge in [-0.25, -0.2) is 13.4 Å². The van der Waals surface area contributed by atoms with Gasteiger partial charge in [-0.15, -0.1) is 0 Å². The normalized spacial score (nSPS) is 11.2. The van der Waals surface area contributed by atoms with E-state index in [0.29, 0.717) is 10.0 Å².